The van der Waals surface area contributed by atoms with E-state index in [4.69, 9.17) is 5.11 Å². The molecule has 1 amide bonds. The Morgan fingerprint density at radius 2 is 1.50 bits per heavy atom. The highest BCUT2D eigenvalue weighted by molar-refractivity contribution is 5.82. The SMILES string of the molecule is O=C(O)Nc1ccc(C23CC4CC(CC(C4)C2)C3)cc1. The summed E-state index contributed by atoms with van der Waals surface area (Å²) >= 11 is 0. The minimum absolute atomic E-state index is 0.399. The molecule has 4 bridgehead atoms. The molecular weight excluding hydrogens is 250 g/mol. The molecule has 0 atom stereocenters. The van der Waals surface area contributed by atoms with E-state index in [9.17, 15) is 4.79 Å². The maximum absolute atomic E-state index is 10.7. The minimum atomic E-state index is -0.993. The van der Waals surface area contributed by atoms with Crippen molar-refractivity contribution >= 4 is 11.8 Å². The van der Waals surface area contributed by atoms with E-state index < -0.39 is 6.09 Å². The zero-order valence-electron chi connectivity index (χ0n) is 11.6. The maximum Gasteiger partial charge on any atom is 0.409 e. The van der Waals surface area contributed by atoms with Gasteiger partial charge in [-0.3, -0.25) is 5.32 Å². The smallest absolute Gasteiger partial charge is 0.409 e. The molecule has 3 nitrogen and oxygen atoms in total. The van der Waals surface area contributed by atoms with Gasteiger partial charge in [0.2, 0.25) is 0 Å². The summed E-state index contributed by atoms with van der Waals surface area (Å²) in [4.78, 5) is 10.7. The lowest BCUT2D eigenvalue weighted by atomic mass is 9.48. The lowest BCUT2D eigenvalue weighted by Gasteiger charge is -2.57. The van der Waals surface area contributed by atoms with Crippen LogP contribution in [0.1, 0.15) is 44.1 Å². The Morgan fingerprint density at radius 3 is 1.95 bits per heavy atom. The highest BCUT2D eigenvalue weighted by Gasteiger charge is 2.51. The molecule has 0 aliphatic heterocycles. The maximum atomic E-state index is 10.7. The molecule has 5 rings (SSSR count). The fourth-order valence-electron chi connectivity index (χ4n) is 5.49. The second kappa shape index (κ2) is 4.24. The molecule has 1 aromatic rings. The monoisotopic (exact) mass is 271 g/mol. The predicted molar refractivity (Wildman–Crippen MR) is 77.9 cm³/mol. The molecule has 0 spiro atoms. The van der Waals surface area contributed by atoms with Gasteiger partial charge in [0.1, 0.15) is 0 Å². The Morgan fingerprint density at radius 1 is 1.00 bits per heavy atom. The van der Waals surface area contributed by atoms with Crippen LogP contribution in [0.2, 0.25) is 0 Å². The van der Waals surface area contributed by atoms with Crippen LogP contribution in [-0.2, 0) is 5.41 Å². The summed E-state index contributed by atoms with van der Waals surface area (Å²) in [6.07, 6.45) is 7.43. The fraction of sp³-hybridized carbons (Fsp3) is 0.588. The van der Waals surface area contributed by atoms with Gasteiger partial charge in [0.15, 0.2) is 0 Å². The van der Waals surface area contributed by atoms with E-state index in [2.05, 4.69) is 17.4 Å². The van der Waals surface area contributed by atoms with Crippen molar-refractivity contribution in [3.63, 3.8) is 0 Å². The molecule has 106 valence electrons. The van der Waals surface area contributed by atoms with E-state index in [1.807, 2.05) is 12.1 Å². The van der Waals surface area contributed by atoms with Gasteiger partial charge < -0.3 is 5.11 Å². The number of rotatable bonds is 2. The zero-order valence-corrected chi connectivity index (χ0v) is 11.6. The van der Waals surface area contributed by atoms with Crippen LogP contribution < -0.4 is 5.32 Å². The number of benzene rings is 1. The molecule has 4 aliphatic rings. The summed E-state index contributed by atoms with van der Waals surface area (Å²) in [7, 11) is 0. The van der Waals surface area contributed by atoms with E-state index in [-0.39, 0.29) is 0 Å². The Bertz CT molecular complexity index is 499. The summed E-state index contributed by atoms with van der Waals surface area (Å²) in [6, 6.07) is 8.14. The Hall–Kier alpha value is -1.51. The second-order valence-electron chi connectivity index (χ2n) is 7.21. The molecule has 0 saturated heterocycles. The van der Waals surface area contributed by atoms with Crippen LogP contribution in [0.15, 0.2) is 24.3 Å². The summed E-state index contributed by atoms with van der Waals surface area (Å²) in [5.74, 6) is 2.83. The number of nitrogens with one attached hydrogen (secondary N) is 1. The van der Waals surface area contributed by atoms with Crippen molar-refractivity contribution in [2.75, 3.05) is 5.32 Å². The van der Waals surface area contributed by atoms with Gasteiger partial charge in [-0.1, -0.05) is 12.1 Å². The first kappa shape index (κ1) is 12.2. The quantitative estimate of drug-likeness (QED) is 0.845. The normalized spacial score (nSPS) is 37.9. The molecule has 4 saturated carbocycles. The summed E-state index contributed by atoms with van der Waals surface area (Å²) in [5, 5.41) is 11.2. The van der Waals surface area contributed by atoms with E-state index >= 15 is 0 Å². The van der Waals surface area contributed by atoms with Crippen LogP contribution in [0.25, 0.3) is 0 Å². The lowest BCUT2D eigenvalue weighted by molar-refractivity contribution is -0.00518. The molecule has 1 aromatic carbocycles. The Balaban J connectivity index is 1.62. The third-order valence-electron chi connectivity index (χ3n) is 5.79. The van der Waals surface area contributed by atoms with Crippen molar-refractivity contribution in [1.29, 1.82) is 0 Å². The van der Waals surface area contributed by atoms with Crippen molar-refractivity contribution in [2.45, 2.75) is 43.9 Å². The first-order chi connectivity index (χ1) is 9.63. The van der Waals surface area contributed by atoms with Crippen LogP contribution in [0.4, 0.5) is 10.5 Å². The average Bonchev–Trinajstić information content (AvgIpc) is 2.37. The van der Waals surface area contributed by atoms with Gasteiger partial charge >= 0.3 is 6.09 Å². The predicted octanol–water partition coefficient (Wildman–Crippen LogP) is 4.24. The zero-order chi connectivity index (χ0) is 13.7. The highest BCUT2D eigenvalue weighted by atomic mass is 16.4. The third kappa shape index (κ3) is 1.91. The van der Waals surface area contributed by atoms with Crippen molar-refractivity contribution < 1.29 is 9.90 Å². The van der Waals surface area contributed by atoms with Gasteiger partial charge in [0.05, 0.1) is 0 Å². The van der Waals surface area contributed by atoms with Crippen LogP contribution in [0.5, 0.6) is 0 Å². The van der Waals surface area contributed by atoms with Crippen LogP contribution >= 0.6 is 0 Å². The number of carbonyl (C=O) groups is 1. The molecule has 0 aromatic heterocycles. The minimum Gasteiger partial charge on any atom is -0.465 e. The molecule has 4 aliphatic carbocycles. The molecular formula is C17H21NO2. The van der Waals surface area contributed by atoms with E-state index in [1.54, 1.807) is 0 Å². The summed E-state index contributed by atoms with van der Waals surface area (Å²) < 4.78 is 0. The van der Waals surface area contributed by atoms with Crippen molar-refractivity contribution in [2.24, 2.45) is 17.8 Å². The average molecular weight is 271 g/mol. The third-order valence-corrected chi connectivity index (χ3v) is 5.79. The van der Waals surface area contributed by atoms with E-state index in [0.717, 1.165) is 17.8 Å². The Labute approximate surface area is 119 Å². The van der Waals surface area contributed by atoms with Gasteiger partial charge in [-0.15, -0.1) is 0 Å². The lowest BCUT2D eigenvalue weighted by Crippen LogP contribution is -2.48. The number of carboxylic acid groups (broad SMARTS) is 1. The van der Waals surface area contributed by atoms with Crippen LogP contribution in [0.3, 0.4) is 0 Å². The van der Waals surface area contributed by atoms with Crippen molar-refractivity contribution in [3.05, 3.63) is 29.8 Å². The van der Waals surface area contributed by atoms with Crippen LogP contribution in [0, 0.1) is 17.8 Å². The van der Waals surface area contributed by atoms with E-state index in [1.165, 1.54) is 44.1 Å². The Kier molecular flexibility index (Phi) is 2.60. The van der Waals surface area contributed by atoms with Gasteiger partial charge in [-0.2, -0.15) is 0 Å². The van der Waals surface area contributed by atoms with Gasteiger partial charge in [0.25, 0.3) is 0 Å². The number of anilines is 1. The number of hydrogen-bond donors (Lipinski definition) is 2. The largest absolute Gasteiger partial charge is 0.465 e. The second-order valence-corrected chi connectivity index (χ2v) is 7.21. The molecule has 0 radical (unpaired) electrons. The van der Waals surface area contributed by atoms with Gasteiger partial charge in [0, 0.05) is 5.69 Å². The molecule has 3 heteroatoms. The first-order valence-electron chi connectivity index (χ1n) is 7.73. The summed E-state index contributed by atoms with van der Waals surface area (Å²) in [5.41, 5.74) is 2.51. The molecule has 2 N–H and O–H groups in total. The number of hydrogen-bond acceptors (Lipinski definition) is 1. The van der Waals surface area contributed by atoms with E-state index in [0.29, 0.717) is 11.1 Å². The first-order valence-corrected chi connectivity index (χ1v) is 7.73. The molecule has 0 unspecified atom stereocenters. The number of amides is 1. The summed E-state index contributed by atoms with van der Waals surface area (Å²) in [6.45, 7) is 0. The van der Waals surface area contributed by atoms with Crippen LogP contribution in [-0.4, -0.2) is 11.2 Å². The molecule has 4 fully saturated rings. The van der Waals surface area contributed by atoms with Crippen molar-refractivity contribution in [3.8, 4) is 0 Å². The topological polar surface area (TPSA) is 49.3 Å². The molecule has 0 heterocycles. The van der Waals surface area contributed by atoms with Gasteiger partial charge in [-0.25, -0.2) is 4.79 Å². The fourth-order valence-corrected chi connectivity index (χ4v) is 5.49. The van der Waals surface area contributed by atoms with Gasteiger partial charge in [-0.05, 0) is 79.4 Å². The highest BCUT2D eigenvalue weighted by Crippen LogP contribution is 2.60. The molecule has 20 heavy (non-hydrogen) atoms. The van der Waals surface area contributed by atoms with Crippen molar-refractivity contribution in [1.82, 2.24) is 0 Å². The standard InChI is InChI=1S/C17H21NO2/c19-16(20)18-15-3-1-14(2-4-15)17-8-11-5-12(9-17)7-13(6-11)10-17/h1-4,11-13,18H,5-10H2,(H,19,20).